The Morgan fingerprint density at radius 1 is 0.842 bits per heavy atom. The number of amides is 1. The third kappa shape index (κ3) is 7.51. The Labute approximate surface area is 224 Å². The number of pyridine rings is 1. The zero-order valence-corrected chi connectivity index (χ0v) is 21.6. The van der Waals surface area contributed by atoms with E-state index in [4.69, 9.17) is 5.73 Å². The molecule has 196 valence electrons. The second-order valence-electron chi connectivity index (χ2n) is 9.80. The SMILES string of the molecule is Cc1cccc(-c2ccc(C[C@H](NC(=O)O)[C@H](O)C[C@H](N)C(Cc3ccccc3)c3ccccc3)cc2)n1. The Bertz CT molecular complexity index is 1300. The largest absolute Gasteiger partial charge is 0.465 e. The van der Waals surface area contributed by atoms with Gasteiger partial charge in [0.05, 0.1) is 17.8 Å². The molecular formula is C32H35N3O3. The van der Waals surface area contributed by atoms with E-state index in [0.29, 0.717) is 6.42 Å². The fourth-order valence-electron chi connectivity index (χ4n) is 4.90. The molecule has 0 saturated carbocycles. The number of benzene rings is 3. The molecular weight excluding hydrogens is 474 g/mol. The van der Waals surface area contributed by atoms with Gasteiger partial charge in [0.15, 0.2) is 0 Å². The van der Waals surface area contributed by atoms with Gasteiger partial charge in [-0.05, 0) is 55.0 Å². The fraction of sp³-hybridized carbons (Fsp3) is 0.250. The summed E-state index contributed by atoms with van der Waals surface area (Å²) < 4.78 is 0. The number of hydrogen-bond donors (Lipinski definition) is 4. The number of nitrogens with zero attached hydrogens (tertiary/aromatic N) is 1. The molecule has 0 aliphatic rings. The molecule has 0 radical (unpaired) electrons. The molecule has 38 heavy (non-hydrogen) atoms. The minimum Gasteiger partial charge on any atom is -0.465 e. The van der Waals surface area contributed by atoms with Crippen LogP contribution in [0.2, 0.25) is 0 Å². The summed E-state index contributed by atoms with van der Waals surface area (Å²) >= 11 is 0. The van der Waals surface area contributed by atoms with Crippen molar-refractivity contribution in [1.29, 1.82) is 0 Å². The van der Waals surface area contributed by atoms with Crippen LogP contribution in [-0.2, 0) is 12.8 Å². The Kier molecular flexibility index (Phi) is 9.25. The van der Waals surface area contributed by atoms with Crippen molar-refractivity contribution in [2.45, 2.75) is 50.3 Å². The van der Waals surface area contributed by atoms with E-state index < -0.39 is 18.2 Å². The van der Waals surface area contributed by atoms with E-state index in [1.807, 2.05) is 85.8 Å². The lowest BCUT2D eigenvalue weighted by Gasteiger charge is -2.30. The van der Waals surface area contributed by atoms with Gasteiger partial charge >= 0.3 is 6.09 Å². The Morgan fingerprint density at radius 3 is 2.11 bits per heavy atom. The molecule has 6 heteroatoms. The minimum atomic E-state index is -1.17. The van der Waals surface area contributed by atoms with E-state index in [1.54, 1.807) is 0 Å². The highest BCUT2D eigenvalue weighted by molar-refractivity contribution is 5.65. The number of aromatic nitrogens is 1. The number of carbonyl (C=O) groups is 1. The molecule has 0 aliphatic carbocycles. The first kappa shape index (κ1) is 27.0. The number of carboxylic acid groups (broad SMARTS) is 1. The molecule has 0 saturated heterocycles. The third-order valence-electron chi connectivity index (χ3n) is 6.92. The summed E-state index contributed by atoms with van der Waals surface area (Å²) in [5, 5.41) is 23.2. The van der Waals surface area contributed by atoms with Crippen LogP contribution in [0.25, 0.3) is 11.3 Å². The second kappa shape index (κ2) is 13.0. The average Bonchev–Trinajstić information content (AvgIpc) is 2.92. The number of aliphatic hydroxyl groups excluding tert-OH is 1. The maximum atomic E-state index is 11.6. The van der Waals surface area contributed by atoms with Gasteiger partial charge in [0.2, 0.25) is 0 Å². The van der Waals surface area contributed by atoms with Crippen molar-refractivity contribution in [3.8, 4) is 11.3 Å². The van der Waals surface area contributed by atoms with Gasteiger partial charge in [-0.2, -0.15) is 0 Å². The summed E-state index contributed by atoms with van der Waals surface area (Å²) in [5.41, 5.74) is 12.7. The van der Waals surface area contributed by atoms with Gasteiger partial charge < -0.3 is 21.3 Å². The standard InChI is InChI=1S/C32H35N3O3/c1-22-9-8-14-29(34-22)26-17-15-24(16-18-26)20-30(35-32(37)38)31(36)21-28(33)27(25-12-6-3-7-13-25)19-23-10-4-2-5-11-23/h2-18,27-28,30-31,35-36H,19-21,33H2,1H3,(H,37,38)/t27?,28-,30-,31+/m0/s1. The molecule has 5 N–H and O–H groups in total. The number of aryl methyl sites for hydroxylation is 1. The monoisotopic (exact) mass is 509 g/mol. The summed E-state index contributed by atoms with van der Waals surface area (Å²) in [6.07, 6.45) is -0.809. The first-order valence-electron chi connectivity index (χ1n) is 12.9. The van der Waals surface area contributed by atoms with Crippen LogP contribution in [0.1, 0.15) is 34.7 Å². The number of nitrogens with one attached hydrogen (secondary N) is 1. The topological polar surface area (TPSA) is 108 Å². The number of nitrogens with two attached hydrogens (primary N) is 1. The third-order valence-corrected chi connectivity index (χ3v) is 6.92. The summed E-state index contributed by atoms with van der Waals surface area (Å²) in [6.45, 7) is 1.95. The fourth-order valence-corrected chi connectivity index (χ4v) is 4.90. The van der Waals surface area contributed by atoms with E-state index in [9.17, 15) is 15.0 Å². The highest BCUT2D eigenvalue weighted by Crippen LogP contribution is 2.27. The van der Waals surface area contributed by atoms with Crippen molar-refractivity contribution in [3.63, 3.8) is 0 Å². The van der Waals surface area contributed by atoms with Gasteiger partial charge in [0.25, 0.3) is 0 Å². The Balaban J connectivity index is 1.48. The molecule has 0 aliphatic heterocycles. The molecule has 4 atom stereocenters. The lowest BCUT2D eigenvalue weighted by atomic mass is 9.82. The van der Waals surface area contributed by atoms with Gasteiger partial charge in [0, 0.05) is 23.2 Å². The summed E-state index contributed by atoms with van der Waals surface area (Å²) in [7, 11) is 0. The van der Waals surface area contributed by atoms with Gasteiger partial charge in [-0.15, -0.1) is 0 Å². The van der Waals surface area contributed by atoms with Crippen molar-refractivity contribution in [3.05, 3.63) is 126 Å². The average molecular weight is 510 g/mol. The quantitative estimate of drug-likeness (QED) is 0.218. The Morgan fingerprint density at radius 2 is 1.47 bits per heavy atom. The predicted octanol–water partition coefficient (Wildman–Crippen LogP) is 5.34. The molecule has 4 rings (SSSR count). The highest BCUT2D eigenvalue weighted by atomic mass is 16.4. The minimum absolute atomic E-state index is 0.0279. The molecule has 1 heterocycles. The zero-order valence-electron chi connectivity index (χ0n) is 21.6. The van der Waals surface area contributed by atoms with Gasteiger partial charge in [0.1, 0.15) is 0 Å². The maximum Gasteiger partial charge on any atom is 0.404 e. The molecule has 1 unspecified atom stereocenters. The zero-order chi connectivity index (χ0) is 26.9. The lowest BCUT2D eigenvalue weighted by Crippen LogP contribution is -2.47. The van der Waals surface area contributed by atoms with E-state index in [2.05, 4.69) is 34.6 Å². The van der Waals surface area contributed by atoms with Gasteiger partial charge in [-0.1, -0.05) is 91.0 Å². The van der Waals surface area contributed by atoms with Crippen LogP contribution >= 0.6 is 0 Å². The van der Waals surface area contributed by atoms with Crippen LogP contribution in [0.5, 0.6) is 0 Å². The summed E-state index contributed by atoms with van der Waals surface area (Å²) in [5.74, 6) is -0.0279. The number of aliphatic hydroxyl groups is 1. The lowest BCUT2D eigenvalue weighted by molar-refractivity contribution is 0.102. The van der Waals surface area contributed by atoms with E-state index in [-0.39, 0.29) is 18.4 Å². The first-order valence-corrected chi connectivity index (χ1v) is 12.9. The van der Waals surface area contributed by atoms with Crippen molar-refractivity contribution < 1.29 is 15.0 Å². The van der Waals surface area contributed by atoms with Crippen molar-refractivity contribution in [2.24, 2.45) is 5.73 Å². The molecule has 6 nitrogen and oxygen atoms in total. The maximum absolute atomic E-state index is 11.6. The molecule has 0 fully saturated rings. The molecule has 4 aromatic rings. The molecule has 0 bridgehead atoms. The summed E-state index contributed by atoms with van der Waals surface area (Å²) in [4.78, 5) is 16.2. The molecule has 0 spiro atoms. The summed E-state index contributed by atoms with van der Waals surface area (Å²) in [6, 6.07) is 32.8. The highest BCUT2D eigenvalue weighted by Gasteiger charge is 2.28. The first-order chi connectivity index (χ1) is 18.4. The Hall–Kier alpha value is -4.00. The molecule has 1 amide bonds. The van der Waals surface area contributed by atoms with Crippen LogP contribution in [0.3, 0.4) is 0 Å². The van der Waals surface area contributed by atoms with E-state index in [1.165, 1.54) is 0 Å². The normalized spacial score (nSPS) is 14.3. The van der Waals surface area contributed by atoms with Gasteiger partial charge in [-0.25, -0.2) is 4.79 Å². The van der Waals surface area contributed by atoms with Crippen LogP contribution in [0.15, 0.2) is 103 Å². The van der Waals surface area contributed by atoms with E-state index >= 15 is 0 Å². The molecule has 1 aromatic heterocycles. The smallest absolute Gasteiger partial charge is 0.404 e. The van der Waals surface area contributed by atoms with Gasteiger partial charge in [-0.3, -0.25) is 4.98 Å². The van der Waals surface area contributed by atoms with Crippen LogP contribution in [0.4, 0.5) is 4.79 Å². The van der Waals surface area contributed by atoms with Crippen LogP contribution in [-0.4, -0.2) is 39.5 Å². The van der Waals surface area contributed by atoms with Crippen molar-refractivity contribution >= 4 is 6.09 Å². The number of hydrogen-bond acceptors (Lipinski definition) is 4. The van der Waals surface area contributed by atoms with Crippen LogP contribution in [0, 0.1) is 6.92 Å². The van der Waals surface area contributed by atoms with E-state index in [0.717, 1.165) is 40.1 Å². The van der Waals surface area contributed by atoms with Crippen molar-refractivity contribution in [2.75, 3.05) is 0 Å². The second-order valence-corrected chi connectivity index (χ2v) is 9.80. The van der Waals surface area contributed by atoms with Crippen LogP contribution < -0.4 is 11.1 Å². The number of rotatable bonds is 11. The molecule has 3 aromatic carbocycles. The van der Waals surface area contributed by atoms with Crippen molar-refractivity contribution in [1.82, 2.24) is 10.3 Å². The predicted molar refractivity (Wildman–Crippen MR) is 151 cm³/mol.